The number of hydrogen-bond acceptors (Lipinski definition) is 2. The number of anilines is 1. The molecular formula is C14H19ClN2O. The normalized spacial score (nSPS) is 18.7. The van der Waals surface area contributed by atoms with Gasteiger partial charge >= 0.3 is 0 Å². The predicted octanol–water partition coefficient (Wildman–Crippen LogP) is 3.18. The van der Waals surface area contributed by atoms with Crippen molar-refractivity contribution in [2.45, 2.75) is 26.7 Å². The number of benzene rings is 1. The molecule has 1 aromatic rings. The van der Waals surface area contributed by atoms with E-state index in [4.69, 9.17) is 17.3 Å². The van der Waals surface area contributed by atoms with E-state index >= 15 is 0 Å². The van der Waals surface area contributed by atoms with Crippen molar-refractivity contribution >= 4 is 23.2 Å². The van der Waals surface area contributed by atoms with Gasteiger partial charge in [0, 0.05) is 23.8 Å². The number of carbonyl (C=O) groups excluding carboxylic acids is 1. The third kappa shape index (κ3) is 2.78. The zero-order valence-electron chi connectivity index (χ0n) is 10.9. The Labute approximate surface area is 113 Å². The van der Waals surface area contributed by atoms with Crippen LogP contribution in [0, 0.1) is 5.41 Å². The topological polar surface area (TPSA) is 46.3 Å². The van der Waals surface area contributed by atoms with Crippen LogP contribution < -0.4 is 5.73 Å². The molecule has 1 saturated heterocycles. The van der Waals surface area contributed by atoms with E-state index < -0.39 is 0 Å². The van der Waals surface area contributed by atoms with Crippen molar-refractivity contribution in [3.05, 3.63) is 28.8 Å². The van der Waals surface area contributed by atoms with Gasteiger partial charge in [0.1, 0.15) is 0 Å². The third-order valence-corrected chi connectivity index (χ3v) is 3.67. The highest BCUT2D eigenvalue weighted by Gasteiger charge is 2.30. The zero-order chi connectivity index (χ0) is 13.3. The van der Waals surface area contributed by atoms with Crippen LogP contribution in [0.25, 0.3) is 0 Å². The molecule has 18 heavy (non-hydrogen) atoms. The van der Waals surface area contributed by atoms with E-state index in [0.717, 1.165) is 25.9 Å². The van der Waals surface area contributed by atoms with Gasteiger partial charge in [-0.3, -0.25) is 4.79 Å². The van der Waals surface area contributed by atoms with Gasteiger partial charge in [0.15, 0.2) is 0 Å². The lowest BCUT2D eigenvalue weighted by Crippen LogP contribution is -2.43. The maximum Gasteiger partial charge on any atom is 0.255 e. The van der Waals surface area contributed by atoms with Crippen LogP contribution in [-0.4, -0.2) is 23.9 Å². The molecule has 0 radical (unpaired) electrons. The van der Waals surface area contributed by atoms with Crippen molar-refractivity contribution in [3.63, 3.8) is 0 Å². The molecule has 1 fully saturated rings. The van der Waals surface area contributed by atoms with Crippen LogP contribution in [0.3, 0.4) is 0 Å². The molecule has 0 aliphatic carbocycles. The van der Waals surface area contributed by atoms with E-state index in [1.54, 1.807) is 18.2 Å². The fourth-order valence-electron chi connectivity index (χ4n) is 2.50. The second-order valence-electron chi connectivity index (χ2n) is 5.73. The van der Waals surface area contributed by atoms with Crippen molar-refractivity contribution < 1.29 is 4.79 Å². The summed E-state index contributed by atoms with van der Waals surface area (Å²) in [4.78, 5) is 14.3. The third-order valence-electron chi connectivity index (χ3n) is 3.43. The van der Waals surface area contributed by atoms with Crippen molar-refractivity contribution in [1.29, 1.82) is 0 Å². The average Bonchev–Trinajstić information content (AvgIpc) is 2.27. The lowest BCUT2D eigenvalue weighted by atomic mass is 9.84. The van der Waals surface area contributed by atoms with Gasteiger partial charge < -0.3 is 10.6 Å². The van der Waals surface area contributed by atoms with Gasteiger partial charge in [-0.25, -0.2) is 0 Å². The van der Waals surface area contributed by atoms with Gasteiger partial charge in [-0.2, -0.15) is 0 Å². The molecule has 2 N–H and O–H groups in total. The number of carbonyl (C=O) groups is 1. The summed E-state index contributed by atoms with van der Waals surface area (Å²) in [6.45, 7) is 5.98. The minimum absolute atomic E-state index is 0.0111. The zero-order valence-corrected chi connectivity index (χ0v) is 11.6. The number of amides is 1. The van der Waals surface area contributed by atoms with Crippen LogP contribution >= 0.6 is 11.6 Å². The van der Waals surface area contributed by atoms with Crippen molar-refractivity contribution in [3.8, 4) is 0 Å². The first-order valence-corrected chi connectivity index (χ1v) is 6.61. The first-order chi connectivity index (χ1) is 8.39. The number of rotatable bonds is 1. The maximum absolute atomic E-state index is 12.4. The van der Waals surface area contributed by atoms with E-state index in [-0.39, 0.29) is 11.3 Å². The van der Waals surface area contributed by atoms with Gasteiger partial charge in [-0.1, -0.05) is 25.4 Å². The van der Waals surface area contributed by atoms with Crippen LogP contribution in [-0.2, 0) is 0 Å². The molecule has 0 unspecified atom stereocenters. The second-order valence-corrected chi connectivity index (χ2v) is 6.16. The maximum atomic E-state index is 12.4. The molecule has 4 heteroatoms. The Morgan fingerprint density at radius 2 is 2.17 bits per heavy atom. The summed E-state index contributed by atoms with van der Waals surface area (Å²) < 4.78 is 0. The minimum Gasteiger partial charge on any atom is -0.398 e. The number of hydrogen-bond donors (Lipinski definition) is 1. The molecule has 1 aliphatic rings. The SMILES string of the molecule is CC1(C)CCCN(C(=O)c2ccc(Cl)cc2N)C1. The number of piperidine rings is 1. The number of nitrogen functional groups attached to an aromatic ring is 1. The Balaban J connectivity index is 2.20. The fraction of sp³-hybridized carbons (Fsp3) is 0.500. The van der Waals surface area contributed by atoms with E-state index in [1.165, 1.54) is 0 Å². The molecule has 1 heterocycles. The number of likely N-dealkylation sites (tertiary alicyclic amines) is 1. The summed E-state index contributed by atoms with van der Waals surface area (Å²) in [5, 5.41) is 0.558. The van der Waals surface area contributed by atoms with Crippen LogP contribution in [0.4, 0.5) is 5.69 Å². The Morgan fingerprint density at radius 1 is 1.44 bits per heavy atom. The Hall–Kier alpha value is -1.22. The van der Waals surface area contributed by atoms with Crippen molar-refractivity contribution in [1.82, 2.24) is 4.90 Å². The molecule has 1 aliphatic heterocycles. The fourth-order valence-corrected chi connectivity index (χ4v) is 2.68. The number of halogens is 1. The minimum atomic E-state index is 0.0111. The molecule has 0 aromatic heterocycles. The Kier molecular flexibility index (Phi) is 3.53. The largest absolute Gasteiger partial charge is 0.398 e. The summed E-state index contributed by atoms with van der Waals surface area (Å²) in [6, 6.07) is 5.05. The molecule has 2 rings (SSSR count). The van der Waals surface area contributed by atoms with Gasteiger partial charge in [0.05, 0.1) is 5.56 Å². The Morgan fingerprint density at radius 3 is 2.78 bits per heavy atom. The standard InChI is InChI=1S/C14H19ClN2O/c1-14(2)6-3-7-17(9-14)13(18)11-5-4-10(15)8-12(11)16/h4-5,8H,3,6-7,9,16H2,1-2H3. The predicted molar refractivity (Wildman–Crippen MR) is 74.8 cm³/mol. The molecule has 0 spiro atoms. The van der Waals surface area contributed by atoms with Gasteiger partial charge in [0.2, 0.25) is 0 Å². The van der Waals surface area contributed by atoms with Crippen LogP contribution in [0.2, 0.25) is 5.02 Å². The summed E-state index contributed by atoms with van der Waals surface area (Å²) in [5.41, 5.74) is 7.06. The average molecular weight is 267 g/mol. The van der Waals surface area contributed by atoms with Crippen molar-refractivity contribution in [2.24, 2.45) is 5.41 Å². The van der Waals surface area contributed by atoms with E-state index in [2.05, 4.69) is 13.8 Å². The summed E-state index contributed by atoms with van der Waals surface area (Å²) >= 11 is 5.85. The molecular weight excluding hydrogens is 248 g/mol. The van der Waals surface area contributed by atoms with Crippen LogP contribution in [0.5, 0.6) is 0 Å². The van der Waals surface area contributed by atoms with Crippen molar-refractivity contribution in [2.75, 3.05) is 18.8 Å². The molecule has 98 valence electrons. The summed E-state index contributed by atoms with van der Waals surface area (Å²) in [6.07, 6.45) is 2.21. The first-order valence-electron chi connectivity index (χ1n) is 6.23. The van der Waals surface area contributed by atoms with Crippen LogP contribution in [0.1, 0.15) is 37.0 Å². The van der Waals surface area contributed by atoms with E-state index in [0.29, 0.717) is 16.3 Å². The Bertz CT molecular complexity index is 471. The highest BCUT2D eigenvalue weighted by atomic mass is 35.5. The van der Waals surface area contributed by atoms with Crippen LogP contribution in [0.15, 0.2) is 18.2 Å². The van der Waals surface area contributed by atoms with E-state index in [1.807, 2.05) is 4.90 Å². The summed E-state index contributed by atoms with van der Waals surface area (Å²) in [7, 11) is 0. The highest BCUT2D eigenvalue weighted by Crippen LogP contribution is 2.30. The van der Waals surface area contributed by atoms with Gasteiger partial charge in [-0.05, 0) is 36.5 Å². The quantitative estimate of drug-likeness (QED) is 0.794. The molecule has 1 aromatic carbocycles. The van der Waals surface area contributed by atoms with Gasteiger partial charge in [-0.15, -0.1) is 0 Å². The number of nitrogens with two attached hydrogens (primary N) is 1. The smallest absolute Gasteiger partial charge is 0.255 e. The molecule has 0 bridgehead atoms. The molecule has 0 saturated carbocycles. The van der Waals surface area contributed by atoms with E-state index in [9.17, 15) is 4.79 Å². The molecule has 3 nitrogen and oxygen atoms in total. The molecule has 0 atom stereocenters. The highest BCUT2D eigenvalue weighted by molar-refractivity contribution is 6.31. The second kappa shape index (κ2) is 4.81. The lowest BCUT2D eigenvalue weighted by Gasteiger charge is -2.38. The van der Waals surface area contributed by atoms with Gasteiger partial charge in [0.25, 0.3) is 5.91 Å². The lowest BCUT2D eigenvalue weighted by molar-refractivity contribution is 0.0584. The summed E-state index contributed by atoms with van der Waals surface area (Å²) in [5.74, 6) is 0.0111. The number of nitrogens with zero attached hydrogens (tertiary/aromatic N) is 1. The first kappa shape index (κ1) is 13.2. The molecule has 1 amide bonds. The monoisotopic (exact) mass is 266 g/mol.